The summed E-state index contributed by atoms with van der Waals surface area (Å²) in [5.41, 5.74) is 7.04. The lowest BCUT2D eigenvalue weighted by Crippen LogP contribution is -2.54. The Morgan fingerprint density at radius 3 is 2.77 bits per heavy atom. The van der Waals surface area contributed by atoms with Gasteiger partial charge in [0, 0.05) is 37.5 Å². The number of aryl methyl sites for hydroxylation is 1. The van der Waals surface area contributed by atoms with Crippen LogP contribution in [0.3, 0.4) is 0 Å². The highest BCUT2D eigenvalue weighted by atomic mass is 16.5. The molecule has 1 fully saturated rings. The van der Waals surface area contributed by atoms with Crippen LogP contribution in [-0.2, 0) is 11.2 Å². The van der Waals surface area contributed by atoms with E-state index in [1.54, 1.807) is 13.3 Å². The quantitative estimate of drug-likeness (QED) is 0.890. The summed E-state index contributed by atoms with van der Waals surface area (Å²) in [6.45, 7) is 5.67. The molecule has 140 valence electrons. The van der Waals surface area contributed by atoms with Gasteiger partial charge in [-0.2, -0.15) is 0 Å². The van der Waals surface area contributed by atoms with Crippen molar-refractivity contribution in [2.45, 2.75) is 39.2 Å². The third kappa shape index (κ3) is 4.07. The highest BCUT2D eigenvalue weighted by Gasteiger charge is 2.35. The number of ether oxygens (including phenoxy) is 1. The molecule has 1 amide bonds. The molecule has 1 aliphatic rings. The predicted octanol–water partition coefficient (Wildman–Crippen LogP) is 2.87. The molecule has 0 radical (unpaired) electrons. The van der Waals surface area contributed by atoms with Crippen LogP contribution < -0.4 is 10.5 Å². The van der Waals surface area contributed by atoms with E-state index in [0.717, 1.165) is 24.3 Å². The Bertz CT molecular complexity index is 752. The summed E-state index contributed by atoms with van der Waals surface area (Å²) in [4.78, 5) is 18.7. The summed E-state index contributed by atoms with van der Waals surface area (Å²) in [5, 5.41) is 0. The standard InChI is InChI=1S/C20H27N3O3/c1-20(2)13-23(11-10-17(20)21)19(24)9-8-18-22-12-16(26-18)14-4-6-15(25-3)7-5-14/h4-7,12,17H,8-11,13,21H2,1-3H3. The lowest BCUT2D eigenvalue weighted by atomic mass is 9.79. The number of hydrogen-bond acceptors (Lipinski definition) is 5. The molecule has 1 saturated heterocycles. The fourth-order valence-corrected chi connectivity index (χ4v) is 3.27. The molecule has 3 rings (SSSR count). The van der Waals surface area contributed by atoms with Gasteiger partial charge in [0.2, 0.25) is 5.91 Å². The van der Waals surface area contributed by atoms with Gasteiger partial charge in [0.25, 0.3) is 0 Å². The maximum Gasteiger partial charge on any atom is 0.223 e. The molecule has 1 aromatic carbocycles. The Balaban J connectivity index is 1.57. The smallest absolute Gasteiger partial charge is 0.223 e. The second-order valence-electron chi connectivity index (χ2n) is 7.55. The van der Waals surface area contributed by atoms with E-state index >= 15 is 0 Å². The monoisotopic (exact) mass is 357 g/mol. The summed E-state index contributed by atoms with van der Waals surface area (Å²) >= 11 is 0. The number of carbonyl (C=O) groups is 1. The molecule has 1 aliphatic heterocycles. The van der Waals surface area contributed by atoms with E-state index in [9.17, 15) is 4.79 Å². The van der Waals surface area contributed by atoms with Crippen molar-refractivity contribution in [1.29, 1.82) is 0 Å². The number of hydrogen-bond donors (Lipinski definition) is 1. The Labute approximate surface area is 154 Å². The molecule has 1 unspecified atom stereocenters. The minimum absolute atomic E-state index is 0.0433. The number of nitrogens with zero attached hydrogens (tertiary/aromatic N) is 2. The molecule has 6 nitrogen and oxygen atoms in total. The number of carbonyl (C=O) groups excluding carboxylic acids is 1. The number of methoxy groups -OCH3 is 1. The topological polar surface area (TPSA) is 81.6 Å². The van der Waals surface area contributed by atoms with Crippen molar-refractivity contribution in [3.63, 3.8) is 0 Å². The fraction of sp³-hybridized carbons (Fsp3) is 0.500. The number of piperidine rings is 1. The number of rotatable bonds is 5. The van der Waals surface area contributed by atoms with Crippen LogP contribution in [0, 0.1) is 5.41 Å². The van der Waals surface area contributed by atoms with Crippen LogP contribution in [0.1, 0.15) is 32.6 Å². The van der Waals surface area contributed by atoms with Crippen LogP contribution >= 0.6 is 0 Å². The summed E-state index contributed by atoms with van der Waals surface area (Å²) < 4.78 is 11.0. The van der Waals surface area contributed by atoms with Gasteiger partial charge < -0.3 is 19.8 Å². The lowest BCUT2D eigenvalue weighted by molar-refractivity contribution is -0.134. The van der Waals surface area contributed by atoms with Gasteiger partial charge in [-0.25, -0.2) is 4.98 Å². The van der Waals surface area contributed by atoms with Gasteiger partial charge in [0.15, 0.2) is 11.7 Å². The van der Waals surface area contributed by atoms with E-state index in [1.807, 2.05) is 29.2 Å². The van der Waals surface area contributed by atoms with Crippen molar-refractivity contribution >= 4 is 5.91 Å². The molecule has 2 heterocycles. The van der Waals surface area contributed by atoms with E-state index in [4.69, 9.17) is 14.9 Å². The first-order valence-electron chi connectivity index (χ1n) is 9.01. The number of amides is 1. The zero-order valence-corrected chi connectivity index (χ0v) is 15.7. The molecule has 0 bridgehead atoms. The molecule has 2 aromatic rings. The van der Waals surface area contributed by atoms with Gasteiger partial charge in [0.05, 0.1) is 13.3 Å². The van der Waals surface area contributed by atoms with E-state index in [-0.39, 0.29) is 17.4 Å². The SMILES string of the molecule is COc1ccc(-c2cnc(CCC(=O)N3CCC(N)C(C)(C)C3)o2)cc1. The number of oxazole rings is 1. The second-order valence-corrected chi connectivity index (χ2v) is 7.55. The predicted molar refractivity (Wildman–Crippen MR) is 99.8 cm³/mol. The molecule has 1 atom stereocenters. The van der Waals surface area contributed by atoms with Crippen molar-refractivity contribution in [2.75, 3.05) is 20.2 Å². The first-order valence-corrected chi connectivity index (χ1v) is 9.01. The molecule has 6 heteroatoms. The van der Waals surface area contributed by atoms with Gasteiger partial charge in [-0.3, -0.25) is 4.79 Å². The van der Waals surface area contributed by atoms with Crippen LogP contribution in [0.4, 0.5) is 0 Å². The average Bonchev–Trinajstić information content (AvgIpc) is 3.11. The number of likely N-dealkylation sites (tertiary alicyclic amines) is 1. The Kier molecular flexibility index (Phi) is 5.32. The van der Waals surface area contributed by atoms with E-state index < -0.39 is 0 Å². The first-order chi connectivity index (χ1) is 12.4. The highest BCUT2D eigenvalue weighted by molar-refractivity contribution is 5.76. The molecular formula is C20H27N3O3. The zero-order chi connectivity index (χ0) is 18.7. The number of benzene rings is 1. The van der Waals surface area contributed by atoms with Crippen LogP contribution in [0.25, 0.3) is 11.3 Å². The molecule has 26 heavy (non-hydrogen) atoms. The minimum atomic E-state index is -0.0433. The maximum atomic E-state index is 12.5. The van der Waals surface area contributed by atoms with Crippen molar-refractivity contribution in [3.8, 4) is 17.1 Å². The lowest BCUT2D eigenvalue weighted by Gasteiger charge is -2.42. The molecule has 0 aliphatic carbocycles. The zero-order valence-electron chi connectivity index (χ0n) is 15.7. The second kappa shape index (κ2) is 7.50. The Hall–Kier alpha value is -2.34. The largest absolute Gasteiger partial charge is 0.497 e. The summed E-state index contributed by atoms with van der Waals surface area (Å²) in [6, 6.07) is 7.75. The fourth-order valence-electron chi connectivity index (χ4n) is 3.27. The Morgan fingerprint density at radius 2 is 2.12 bits per heavy atom. The summed E-state index contributed by atoms with van der Waals surface area (Å²) in [7, 11) is 1.63. The number of nitrogens with two attached hydrogens (primary N) is 1. The van der Waals surface area contributed by atoms with E-state index in [0.29, 0.717) is 31.0 Å². The average molecular weight is 357 g/mol. The van der Waals surface area contributed by atoms with Gasteiger partial charge >= 0.3 is 0 Å². The molecule has 0 saturated carbocycles. The van der Waals surface area contributed by atoms with Gasteiger partial charge in [-0.1, -0.05) is 13.8 Å². The highest BCUT2D eigenvalue weighted by Crippen LogP contribution is 2.28. The maximum absolute atomic E-state index is 12.5. The number of aromatic nitrogens is 1. The van der Waals surface area contributed by atoms with Crippen LogP contribution in [0.5, 0.6) is 5.75 Å². The van der Waals surface area contributed by atoms with E-state index in [2.05, 4.69) is 18.8 Å². The van der Waals surface area contributed by atoms with Gasteiger partial charge in [-0.15, -0.1) is 0 Å². The van der Waals surface area contributed by atoms with Gasteiger partial charge in [-0.05, 0) is 36.1 Å². The van der Waals surface area contributed by atoms with Crippen molar-refractivity contribution in [1.82, 2.24) is 9.88 Å². The van der Waals surface area contributed by atoms with Gasteiger partial charge in [0.1, 0.15) is 5.75 Å². The van der Waals surface area contributed by atoms with Crippen LogP contribution in [-0.4, -0.2) is 42.0 Å². The minimum Gasteiger partial charge on any atom is -0.497 e. The Morgan fingerprint density at radius 1 is 1.38 bits per heavy atom. The normalized spacial score (nSPS) is 19.4. The third-order valence-electron chi connectivity index (χ3n) is 5.15. The van der Waals surface area contributed by atoms with Crippen molar-refractivity contribution in [3.05, 3.63) is 36.4 Å². The van der Waals surface area contributed by atoms with Crippen LogP contribution in [0.2, 0.25) is 0 Å². The third-order valence-corrected chi connectivity index (χ3v) is 5.15. The summed E-state index contributed by atoms with van der Waals surface area (Å²) in [5.74, 6) is 2.20. The first kappa shape index (κ1) is 18.5. The molecular weight excluding hydrogens is 330 g/mol. The summed E-state index contributed by atoms with van der Waals surface area (Å²) in [6.07, 6.45) is 3.44. The van der Waals surface area contributed by atoms with Crippen LogP contribution in [0.15, 0.2) is 34.9 Å². The van der Waals surface area contributed by atoms with E-state index in [1.165, 1.54) is 0 Å². The van der Waals surface area contributed by atoms with Crippen molar-refractivity contribution < 1.29 is 13.9 Å². The van der Waals surface area contributed by atoms with Crippen molar-refractivity contribution in [2.24, 2.45) is 11.1 Å². The molecule has 0 spiro atoms. The molecule has 2 N–H and O–H groups in total. The molecule has 1 aromatic heterocycles.